The van der Waals surface area contributed by atoms with E-state index in [1.165, 1.54) is 0 Å². The SMILES string of the molecule is C#CCCCCC(=O)N1CCC(C(=O)OCC)CC1. The van der Waals surface area contributed by atoms with Crippen LogP contribution < -0.4 is 0 Å². The van der Waals surface area contributed by atoms with Crippen LogP contribution in [0.15, 0.2) is 0 Å². The van der Waals surface area contributed by atoms with Crippen molar-refractivity contribution in [2.24, 2.45) is 5.92 Å². The highest BCUT2D eigenvalue weighted by molar-refractivity contribution is 5.77. The number of rotatable bonds is 6. The van der Waals surface area contributed by atoms with Gasteiger partial charge in [0.05, 0.1) is 12.5 Å². The smallest absolute Gasteiger partial charge is 0.309 e. The van der Waals surface area contributed by atoms with Gasteiger partial charge >= 0.3 is 5.97 Å². The Kier molecular flexibility index (Phi) is 7.02. The number of hydrogen-bond acceptors (Lipinski definition) is 3. The highest BCUT2D eigenvalue weighted by Crippen LogP contribution is 2.19. The molecule has 4 heteroatoms. The molecule has 0 aliphatic carbocycles. The van der Waals surface area contributed by atoms with Crippen LogP contribution in [-0.4, -0.2) is 36.5 Å². The maximum absolute atomic E-state index is 11.9. The lowest BCUT2D eigenvalue weighted by Gasteiger charge is -2.31. The molecule has 0 unspecified atom stereocenters. The molecule has 0 N–H and O–H groups in total. The van der Waals surface area contributed by atoms with Gasteiger partial charge in [-0.3, -0.25) is 9.59 Å². The predicted octanol–water partition coefficient (Wildman–Crippen LogP) is 1.98. The number of ether oxygens (including phenoxy) is 1. The van der Waals surface area contributed by atoms with Crippen molar-refractivity contribution < 1.29 is 14.3 Å². The average Bonchev–Trinajstić information content (AvgIpc) is 2.44. The minimum absolute atomic E-state index is 0.0366. The summed E-state index contributed by atoms with van der Waals surface area (Å²) in [6, 6.07) is 0. The Morgan fingerprint density at radius 2 is 2.00 bits per heavy atom. The highest BCUT2D eigenvalue weighted by atomic mass is 16.5. The molecular weight excluding hydrogens is 242 g/mol. The molecule has 1 heterocycles. The Morgan fingerprint density at radius 1 is 1.32 bits per heavy atom. The van der Waals surface area contributed by atoms with E-state index in [-0.39, 0.29) is 17.8 Å². The van der Waals surface area contributed by atoms with Gasteiger partial charge in [0.15, 0.2) is 0 Å². The standard InChI is InChI=1S/C15H23NO3/c1-3-5-6-7-8-14(17)16-11-9-13(10-12-16)15(18)19-4-2/h1,13H,4-12H2,2H3. The first kappa shape index (κ1) is 15.6. The van der Waals surface area contributed by atoms with E-state index in [2.05, 4.69) is 5.92 Å². The first-order chi connectivity index (χ1) is 9.19. The van der Waals surface area contributed by atoms with Gasteiger partial charge < -0.3 is 9.64 Å². The Balaban J connectivity index is 2.23. The van der Waals surface area contributed by atoms with Gasteiger partial charge in [-0.1, -0.05) is 0 Å². The van der Waals surface area contributed by atoms with Gasteiger partial charge in [-0.05, 0) is 32.6 Å². The van der Waals surface area contributed by atoms with Crippen LogP contribution in [0.1, 0.15) is 45.4 Å². The summed E-state index contributed by atoms with van der Waals surface area (Å²) in [5, 5.41) is 0. The van der Waals surface area contributed by atoms with E-state index in [1.807, 2.05) is 11.8 Å². The fourth-order valence-corrected chi connectivity index (χ4v) is 2.29. The first-order valence-corrected chi connectivity index (χ1v) is 7.07. The summed E-state index contributed by atoms with van der Waals surface area (Å²) in [6.45, 7) is 3.56. The average molecular weight is 265 g/mol. The summed E-state index contributed by atoms with van der Waals surface area (Å²) in [5.74, 6) is 2.60. The maximum Gasteiger partial charge on any atom is 0.309 e. The van der Waals surface area contributed by atoms with Crippen molar-refractivity contribution in [3.05, 3.63) is 0 Å². The van der Waals surface area contributed by atoms with Crippen molar-refractivity contribution >= 4 is 11.9 Å². The highest BCUT2D eigenvalue weighted by Gasteiger charge is 2.27. The zero-order valence-electron chi connectivity index (χ0n) is 11.7. The molecule has 0 saturated carbocycles. The molecule has 0 bridgehead atoms. The van der Waals surface area contributed by atoms with E-state index >= 15 is 0 Å². The molecule has 0 atom stereocenters. The van der Waals surface area contributed by atoms with Crippen molar-refractivity contribution in [2.45, 2.75) is 45.4 Å². The monoisotopic (exact) mass is 265 g/mol. The molecule has 1 fully saturated rings. The Bertz CT molecular complexity index is 338. The van der Waals surface area contributed by atoms with Gasteiger partial charge in [-0.2, -0.15) is 0 Å². The minimum Gasteiger partial charge on any atom is -0.466 e. The molecule has 0 aromatic rings. The molecule has 106 valence electrons. The third-order valence-electron chi connectivity index (χ3n) is 3.43. The molecule has 1 amide bonds. The van der Waals surface area contributed by atoms with Crippen LogP contribution in [0.5, 0.6) is 0 Å². The summed E-state index contributed by atoms with van der Waals surface area (Å²) in [6.07, 6.45) is 9.65. The lowest BCUT2D eigenvalue weighted by molar-refractivity contribution is -0.151. The fourth-order valence-electron chi connectivity index (χ4n) is 2.29. The number of piperidine rings is 1. The van der Waals surface area contributed by atoms with Crippen LogP contribution in [0.2, 0.25) is 0 Å². The molecule has 0 aromatic carbocycles. The normalized spacial score (nSPS) is 15.9. The van der Waals surface area contributed by atoms with Crippen LogP contribution >= 0.6 is 0 Å². The molecule has 0 radical (unpaired) electrons. The third-order valence-corrected chi connectivity index (χ3v) is 3.43. The zero-order chi connectivity index (χ0) is 14.1. The topological polar surface area (TPSA) is 46.6 Å². The van der Waals surface area contributed by atoms with Gasteiger partial charge in [-0.25, -0.2) is 0 Å². The van der Waals surface area contributed by atoms with Gasteiger partial charge in [0.25, 0.3) is 0 Å². The maximum atomic E-state index is 11.9. The summed E-state index contributed by atoms with van der Waals surface area (Å²) < 4.78 is 5.01. The molecule has 1 aliphatic rings. The Morgan fingerprint density at radius 3 is 2.58 bits per heavy atom. The number of unbranched alkanes of at least 4 members (excludes halogenated alkanes) is 2. The largest absolute Gasteiger partial charge is 0.466 e. The molecule has 0 spiro atoms. The third kappa shape index (κ3) is 5.34. The molecule has 1 rings (SSSR count). The van der Waals surface area contributed by atoms with Crippen molar-refractivity contribution in [1.82, 2.24) is 4.90 Å². The van der Waals surface area contributed by atoms with Gasteiger partial charge in [0.1, 0.15) is 0 Å². The Labute approximate surface area is 115 Å². The van der Waals surface area contributed by atoms with E-state index in [1.54, 1.807) is 0 Å². The number of amides is 1. The van der Waals surface area contributed by atoms with Gasteiger partial charge in [-0.15, -0.1) is 12.3 Å². The van der Waals surface area contributed by atoms with Crippen LogP contribution in [-0.2, 0) is 14.3 Å². The van der Waals surface area contributed by atoms with E-state index in [9.17, 15) is 9.59 Å². The number of nitrogens with zero attached hydrogens (tertiary/aromatic N) is 1. The van der Waals surface area contributed by atoms with Gasteiger partial charge in [0.2, 0.25) is 5.91 Å². The molecule has 1 aliphatic heterocycles. The molecule has 1 saturated heterocycles. The van der Waals surface area contributed by atoms with Crippen molar-refractivity contribution in [1.29, 1.82) is 0 Å². The van der Waals surface area contributed by atoms with E-state index in [0.717, 1.165) is 32.1 Å². The summed E-state index contributed by atoms with van der Waals surface area (Å²) in [5.41, 5.74) is 0. The Hall–Kier alpha value is -1.50. The first-order valence-electron chi connectivity index (χ1n) is 7.07. The second-order valence-electron chi connectivity index (χ2n) is 4.82. The van der Waals surface area contributed by atoms with Crippen molar-refractivity contribution in [3.8, 4) is 12.3 Å². The lowest BCUT2D eigenvalue weighted by atomic mass is 9.96. The minimum atomic E-state index is -0.122. The molecular formula is C15H23NO3. The van der Waals surface area contributed by atoms with Crippen molar-refractivity contribution in [3.63, 3.8) is 0 Å². The summed E-state index contributed by atoms with van der Waals surface area (Å²) in [4.78, 5) is 25.3. The molecule has 19 heavy (non-hydrogen) atoms. The van der Waals surface area contributed by atoms with E-state index in [4.69, 9.17) is 11.2 Å². The van der Waals surface area contributed by atoms with Crippen molar-refractivity contribution in [2.75, 3.05) is 19.7 Å². The van der Waals surface area contributed by atoms with E-state index in [0.29, 0.717) is 26.1 Å². The van der Waals surface area contributed by atoms with Crippen LogP contribution in [0.4, 0.5) is 0 Å². The van der Waals surface area contributed by atoms with Crippen LogP contribution in [0.25, 0.3) is 0 Å². The second kappa shape index (κ2) is 8.58. The second-order valence-corrected chi connectivity index (χ2v) is 4.82. The van der Waals surface area contributed by atoms with Crippen LogP contribution in [0, 0.1) is 18.3 Å². The number of terminal acetylenes is 1. The fraction of sp³-hybridized carbons (Fsp3) is 0.733. The zero-order valence-corrected chi connectivity index (χ0v) is 11.7. The number of carbonyl (C=O) groups excluding carboxylic acids is 2. The molecule has 4 nitrogen and oxygen atoms in total. The van der Waals surface area contributed by atoms with E-state index < -0.39 is 0 Å². The van der Waals surface area contributed by atoms with Gasteiger partial charge in [0, 0.05) is 25.9 Å². The summed E-state index contributed by atoms with van der Waals surface area (Å²) in [7, 11) is 0. The molecule has 0 aromatic heterocycles. The van der Waals surface area contributed by atoms with Crippen LogP contribution in [0.3, 0.4) is 0 Å². The predicted molar refractivity (Wildman–Crippen MR) is 73.2 cm³/mol. The number of esters is 1. The number of hydrogen-bond donors (Lipinski definition) is 0. The summed E-state index contributed by atoms with van der Waals surface area (Å²) >= 11 is 0. The quantitative estimate of drug-likeness (QED) is 0.419. The number of carbonyl (C=O) groups is 2. The lowest BCUT2D eigenvalue weighted by Crippen LogP contribution is -2.40. The number of likely N-dealkylation sites (tertiary alicyclic amines) is 1.